The lowest BCUT2D eigenvalue weighted by Crippen LogP contribution is -2.26. The van der Waals surface area contributed by atoms with Crippen LogP contribution in [0.5, 0.6) is 0 Å². The zero-order valence-corrected chi connectivity index (χ0v) is 37.0. The third kappa shape index (κ3) is 4.75. The molecule has 3 heteroatoms. The van der Waals surface area contributed by atoms with Gasteiger partial charge in [0.15, 0.2) is 5.58 Å². The third-order valence-electron chi connectivity index (χ3n) is 15.5. The maximum absolute atomic E-state index is 7.20. The Balaban J connectivity index is 0.994. The van der Waals surface area contributed by atoms with Crippen LogP contribution in [0.4, 0.5) is 17.1 Å². The normalized spacial score (nSPS) is 14.4. The summed E-state index contributed by atoms with van der Waals surface area (Å²) in [5.74, 6) is 0. The summed E-state index contributed by atoms with van der Waals surface area (Å²) in [6.45, 7) is 4.73. The van der Waals surface area contributed by atoms with Gasteiger partial charge in [-0.25, -0.2) is 0 Å². The molecule has 3 aliphatic rings. The van der Waals surface area contributed by atoms with Gasteiger partial charge in [0.1, 0.15) is 16.7 Å². The summed E-state index contributed by atoms with van der Waals surface area (Å²) in [5.41, 5.74) is 23.8. The van der Waals surface area contributed by atoms with Crippen molar-refractivity contribution in [1.82, 2.24) is 0 Å². The Kier molecular flexibility index (Phi) is 7.22. The zero-order valence-electron chi connectivity index (χ0n) is 37.0. The molecule has 314 valence electrons. The van der Waals surface area contributed by atoms with Gasteiger partial charge in [-0.15, -0.1) is 0 Å². The minimum atomic E-state index is -0.480. The van der Waals surface area contributed by atoms with Gasteiger partial charge in [0, 0.05) is 38.2 Å². The van der Waals surface area contributed by atoms with E-state index in [1.165, 1.54) is 72.3 Å². The fourth-order valence-corrected chi connectivity index (χ4v) is 12.6. The van der Waals surface area contributed by atoms with Crippen molar-refractivity contribution in [3.8, 4) is 44.5 Å². The van der Waals surface area contributed by atoms with E-state index in [2.05, 4.69) is 225 Å². The summed E-state index contributed by atoms with van der Waals surface area (Å²) in [4.78, 5) is 2.48. The van der Waals surface area contributed by atoms with Gasteiger partial charge in [0.05, 0.1) is 16.8 Å². The largest absolute Gasteiger partial charge is 0.456 e. The number of benzene rings is 10. The van der Waals surface area contributed by atoms with Crippen molar-refractivity contribution in [2.75, 3.05) is 4.90 Å². The van der Waals surface area contributed by atoms with E-state index in [1.54, 1.807) is 0 Å². The van der Waals surface area contributed by atoms with Crippen molar-refractivity contribution < 1.29 is 8.83 Å². The number of para-hydroxylation sites is 1. The standard InChI is InChI=1S/C64H41NO2/c1-63(2)50-23-10-6-18-41(50)44-33-31-40(35-55(44)63)65(56-28-15-27-54-61(56)47-21-9-13-26-53(47)64(54)51-24-11-7-19-42(51)43-20-8-12-25-52(43)64)57-29-14-22-46-49-37-59-48(36-60(49)67-62(46)57)45-32-30-39(34-58(45)66-59)38-16-4-3-5-17-38/h3-37H,1-2H3. The molecule has 0 saturated heterocycles. The summed E-state index contributed by atoms with van der Waals surface area (Å²) in [6.07, 6.45) is 0. The lowest BCUT2D eigenvalue weighted by atomic mass is 9.70. The van der Waals surface area contributed by atoms with Crippen LogP contribution >= 0.6 is 0 Å². The molecule has 2 heterocycles. The monoisotopic (exact) mass is 855 g/mol. The molecule has 67 heavy (non-hydrogen) atoms. The zero-order chi connectivity index (χ0) is 44.2. The summed E-state index contributed by atoms with van der Waals surface area (Å²) in [7, 11) is 0. The second-order valence-corrected chi connectivity index (χ2v) is 19.1. The topological polar surface area (TPSA) is 29.5 Å². The maximum Gasteiger partial charge on any atom is 0.159 e. The molecule has 0 bridgehead atoms. The lowest BCUT2D eigenvalue weighted by Gasteiger charge is -2.32. The first-order valence-corrected chi connectivity index (χ1v) is 23.3. The van der Waals surface area contributed by atoms with Crippen LogP contribution in [0.2, 0.25) is 0 Å². The fraction of sp³-hybridized carbons (Fsp3) is 0.0625. The molecule has 0 N–H and O–H groups in total. The first-order chi connectivity index (χ1) is 33.0. The Morgan fingerprint density at radius 2 is 0.896 bits per heavy atom. The number of hydrogen-bond acceptors (Lipinski definition) is 3. The molecule has 3 aliphatic carbocycles. The number of fused-ring (bicyclic) bond motifs is 19. The average molecular weight is 856 g/mol. The van der Waals surface area contributed by atoms with Gasteiger partial charge in [-0.3, -0.25) is 0 Å². The second kappa shape index (κ2) is 13.1. The summed E-state index contributed by atoms with van der Waals surface area (Å²) in [5, 5.41) is 4.18. The van der Waals surface area contributed by atoms with E-state index in [-0.39, 0.29) is 5.41 Å². The highest BCUT2D eigenvalue weighted by molar-refractivity contribution is 6.17. The molecule has 3 nitrogen and oxygen atoms in total. The van der Waals surface area contributed by atoms with E-state index in [9.17, 15) is 0 Å². The van der Waals surface area contributed by atoms with Crippen LogP contribution < -0.4 is 4.90 Å². The quantitative estimate of drug-likeness (QED) is 0.177. The van der Waals surface area contributed by atoms with Crippen molar-refractivity contribution >= 4 is 60.9 Å². The average Bonchev–Trinajstić information content (AvgIpc) is 4.15. The van der Waals surface area contributed by atoms with Gasteiger partial charge in [-0.2, -0.15) is 0 Å². The Morgan fingerprint density at radius 1 is 0.343 bits per heavy atom. The maximum atomic E-state index is 7.20. The van der Waals surface area contributed by atoms with E-state index in [4.69, 9.17) is 8.83 Å². The van der Waals surface area contributed by atoms with Crippen LogP contribution in [0.3, 0.4) is 0 Å². The van der Waals surface area contributed by atoms with Crippen LogP contribution in [-0.4, -0.2) is 0 Å². The van der Waals surface area contributed by atoms with E-state index in [0.717, 1.165) is 66.5 Å². The number of anilines is 3. The molecule has 0 atom stereocenters. The van der Waals surface area contributed by atoms with Crippen molar-refractivity contribution in [3.05, 3.63) is 246 Å². The third-order valence-corrected chi connectivity index (χ3v) is 15.5. The smallest absolute Gasteiger partial charge is 0.159 e. The molecule has 0 amide bonds. The van der Waals surface area contributed by atoms with Gasteiger partial charge in [0.2, 0.25) is 0 Å². The molecule has 0 fully saturated rings. The number of furan rings is 2. The van der Waals surface area contributed by atoms with Crippen molar-refractivity contribution in [2.24, 2.45) is 0 Å². The van der Waals surface area contributed by atoms with Crippen LogP contribution in [-0.2, 0) is 10.8 Å². The molecule has 15 rings (SSSR count). The van der Waals surface area contributed by atoms with Crippen LogP contribution in [0, 0.1) is 0 Å². The van der Waals surface area contributed by atoms with E-state index >= 15 is 0 Å². The molecule has 0 unspecified atom stereocenters. The number of hydrogen-bond donors (Lipinski definition) is 0. The first kappa shape index (κ1) is 36.9. The predicted octanol–water partition coefficient (Wildman–Crippen LogP) is 17.3. The Labute approximate surface area is 387 Å². The lowest BCUT2D eigenvalue weighted by molar-refractivity contribution is 0.660. The molecule has 0 aliphatic heterocycles. The predicted molar refractivity (Wildman–Crippen MR) is 275 cm³/mol. The van der Waals surface area contributed by atoms with Gasteiger partial charge in [-0.05, 0) is 121 Å². The minimum Gasteiger partial charge on any atom is -0.456 e. The SMILES string of the molecule is CC1(C)c2ccccc2-c2ccc(N(c3cccc4c3-c3ccccc3C43c4ccccc4-c4ccccc43)c3cccc4c3oc3cc5c(cc34)oc3cc(-c4ccccc4)ccc35)cc21. The highest BCUT2D eigenvalue weighted by Crippen LogP contribution is 2.65. The first-order valence-electron chi connectivity index (χ1n) is 23.3. The van der Waals surface area contributed by atoms with Gasteiger partial charge >= 0.3 is 0 Å². The van der Waals surface area contributed by atoms with Gasteiger partial charge < -0.3 is 13.7 Å². The van der Waals surface area contributed by atoms with E-state index in [1.807, 2.05) is 6.07 Å². The number of nitrogens with zero attached hydrogens (tertiary/aromatic N) is 1. The van der Waals surface area contributed by atoms with Gasteiger partial charge in [0.25, 0.3) is 0 Å². The molecule has 2 aromatic heterocycles. The van der Waals surface area contributed by atoms with Crippen molar-refractivity contribution in [3.63, 3.8) is 0 Å². The second-order valence-electron chi connectivity index (χ2n) is 19.1. The molecule has 0 radical (unpaired) electrons. The van der Waals surface area contributed by atoms with Crippen molar-refractivity contribution in [1.29, 1.82) is 0 Å². The summed E-state index contributed by atoms with van der Waals surface area (Å²) >= 11 is 0. The van der Waals surface area contributed by atoms with Crippen LogP contribution in [0.15, 0.2) is 221 Å². The van der Waals surface area contributed by atoms with Gasteiger partial charge in [-0.1, -0.05) is 178 Å². The minimum absolute atomic E-state index is 0.190. The fourth-order valence-electron chi connectivity index (χ4n) is 12.6. The molecule has 12 aromatic rings. The summed E-state index contributed by atoms with van der Waals surface area (Å²) in [6, 6.07) is 78.1. The summed E-state index contributed by atoms with van der Waals surface area (Å²) < 4.78 is 13.9. The molecular formula is C64H41NO2. The van der Waals surface area contributed by atoms with E-state index < -0.39 is 5.41 Å². The number of rotatable bonds is 4. The molecule has 0 saturated carbocycles. The van der Waals surface area contributed by atoms with E-state index in [0.29, 0.717) is 0 Å². The van der Waals surface area contributed by atoms with Crippen LogP contribution in [0.1, 0.15) is 47.2 Å². The Morgan fingerprint density at radius 3 is 1.64 bits per heavy atom. The molecule has 1 spiro atoms. The highest BCUT2D eigenvalue weighted by Gasteiger charge is 2.52. The Bertz CT molecular complexity index is 4040. The highest BCUT2D eigenvalue weighted by atomic mass is 16.3. The Hall–Kier alpha value is -8.40. The molecular weight excluding hydrogens is 815 g/mol. The molecule has 10 aromatic carbocycles. The van der Waals surface area contributed by atoms with Crippen molar-refractivity contribution in [2.45, 2.75) is 24.7 Å². The van der Waals surface area contributed by atoms with Crippen LogP contribution in [0.25, 0.3) is 88.4 Å².